The van der Waals surface area contributed by atoms with Gasteiger partial charge in [0.15, 0.2) is 0 Å². The largest absolute Gasteiger partial charge is 0.352 e. The highest BCUT2D eigenvalue weighted by atomic mass is 16.2. The molecule has 0 unspecified atom stereocenters. The molecule has 1 aromatic carbocycles. The monoisotopic (exact) mass is 359 g/mol. The molecule has 0 spiro atoms. The molecule has 136 valence electrons. The minimum absolute atomic E-state index is 0.0146. The molecule has 3 saturated heterocycles. The molecule has 2 aromatic heterocycles. The summed E-state index contributed by atoms with van der Waals surface area (Å²) < 4.78 is 0. The SMILES string of the molecule is O=C1[C@H]2CC[C@H](CN(c3cnc4ccccc4n3)C2)N1Cc1ccccn1. The Morgan fingerprint density at radius 1 is 0.963 bits per heavy atom. The maximum atomic E-state index is 13.0. The van der Waals surface area contributed by atoms with E-state index in [-0.39, 0.29) is 17.9 Å². The van der Waals surface area contributed by atoms with Crippen LogP contribution in [-0.4, -0.2) is 44.9 Å². The van der Waals surface area contributed by atoms with Crippen LogP contribution >= 0.6 is 0 Å². The van der Waals surface area contributed by atoms with Gasteiger partial charge >= 0.3 is 0 Å². The van der Waals surface area contributed by atoms with E-state index < -0.39 is 0 Å². The number of benzene rings is 1. The van der Waals surface area contributed by atoms with Crippen LogP contribution in [0.2, 0.25) is 0 Å². The van der Waals surface area contributed by atoms with Crippen molar-refractivity contribution in [3.8, 4) is 0 Å². The van der Waals surface area contributed by atoms with Crippen LogP contribution in [-0.2, 0) is 11.3 Å². The molecule has 0 radical (unpaired) electrons. The molecule has 5 heterocycles. The fraction of sp³-hybridized carbons (Fsp3) is 0.333. The Balaban J connectivity index is 1.43. The lowest BCUT2D eigenvalue weighted by molar-refractivity contribution is -0.140. The van der Waals surface area contributed by atoms with E-state index in [4.69, 9.17) is 4.98 Å². The summed E-state index contributed by atoms with van der Waals surface area (Å²) in [4.78, 5) is 31.0. The molecule has 1 amide bonds. The van der Waals surface area contributed by atoms with Gasteiger partial charge in [0.2, 0.25) is 5.91 Å². The molecule has 2 atom stereocenters. The molecule has 0 aliphatic carbocycles. The maximum absolute atomic E-state index is 13.0. The second-order valence-electron chi connectivity index (χ2n) is 7.34. The molecule has 3 fully saturated rings. The van der Waals surface area contributed by atoms with Crippen molar-refractivity contribution in [3.63, 3.8) is 0 Å². The number of hydrogen-bond acceptors (Lipinski definition) is 5. The predicted octanol–water partition coefficient (Wildman–Crippen LogP) is 2.65. The lowest BCUT2D eigenvalue weighted by Crippen LogP contribution is -2.47. The van der Waals surface area contributed by atoms with Crippen LogP contribution in [0, 0.1) is 5.92 Å². The number of nitrogens with zero attached hydrogens (tertiary/aromatic N) is 5. The predicted molar refractivity (Wildman–Crippen MR) is 103 cm³/mol. The van der Waals surface area contributed by atoms with Crippen molar-refractivity contribution in [1.29, 1.82) is 0 Å². The minimum Gasteiger partial charge on any atom is -0.352 e. The van der Waals surface area contributed by atoms with Crippen LogP contribution in [0.4, 0.5) is 5.82 Å². The molecular formula is C21H21N5O. The lowest BCUT2D eigenvalue weighted by atomic mass is 9.94. The molecule has 0 saturated carbocycles. The van der Waals surface area contributed by atoms with Gasteiger partial charge in [0.1, 0.15) is 5.82 Å². The standard InChI is InChI=1S/C21H21N5O/c27-21-15-8-9-17(26(21)13-16-5-3-4-10-22-16)14-25(12-15)20-11-23-18-6-1-2-7-19(18)24-20/h1-7,10-11,15,17H,8-9,12-14H2/t15-,17+/m0/s1. The van der Waals surface area contributed by atoms with Crippen molar-refractivity contribution in [2.45, 2.75) is 25.4 Å². The molecule has 6 rings (SSSR count). The third-order valence-corrected chi connectivity index (χ3v) is 5.61. The van der Waals surface area contributed by atoms with Crippen LogP contribution in [0.15, 0.2) is 54.9 Å². The normalized spacial score (nSPS) is 22.3. The van der Waals surface area contributed by atoms with Crippen LogP contribution < -0.4 is 4.90 Å². The van der Waals surface area contributed by atoms with Crippen molar-refractivity contribution >= 4 is 22.8 Å². The fourth-order valence-electron chi connectivity index (χ4n) is 4.20. The first kappa shape index (κ1) is 16.2. The summed E-state index contributed by atoms with van der Waals surface area (Å²) in [6.45, 7) is 2.08. The van der Waals surface area contributed by atoms with E-state index in [2.05, 4.69) is 14.9 Å². The summed E-state index contributed by atoms with van der Waals surface area (Å²) in [5, 5.41) is 0. The van der Waals surface area contributed by atoms with Crippen molar-refractivity contribution in [3.05, 3.63) is 60.6 Å². The number of carbonyl (C=O) groups excluding carboxylic acids is 1. The van der Waals surface area contributed by atoms with Gasteiger partial charge in [0, 0.05) is 25.3 Å². The number of carbonyl (C=O) groups is 1. The number of para-hydroxylation sites is 2. The molecule has 6 heteroatoms. The van der Waals surface area contributed by atoms with Crippen molar-refractivity contribution < 1.29 is 4.79 Å². The Hall–Kier alpha value is -3.02. The lowest BCUT2D eigenvalue weighted by Gasteiger charge is -2.35. The summed E-state index contributed by atoms with van der Waals surface area (Å²) in [6.07, 6.45) is 5.59. The van der Waals surface area contributed by atoms with Gasteiger partial charge in [0.05, 0.1) is 35.4 Å². The zero-order valence-electron chi connectivity index (χ0n) is 15.0. The fourth-order valence-corrected chi connectivity index (χ4v) is 4.20. The Labute approximate surface area is 157 Å². The second kappa shape index (κ2) is 6.61. The summed E-state index contributed by atoms with van der Waals surface area (Å²) in [5.41, 5.74) is 2.73. The molecular weight excluding hydrogens is 338 g/mol. The smallest absolute Gasteiger partial charge is 0.228 e. The van der Waals surface area contributed by atoms with Crippen molar-refractivity contribution in [2.24, 2.45) is 5.92 Å². The quantitative estimate of drug-likeness (QED) is 0.719. The van der Waals surface area contributed by atoms with E-state index in [1.807, 2.05) is 53.6 Å². The molecule has 3 aliphatic rings. The van der Waals surface area contributed by atoms with E-state index in [1.54, 1.807) is 6.20 Å². The first-order valence-electron chi connectivity index (χ1n) is 9.45. The van der Waals surface area contributed by atoms with Gasteiger partial charge in [-0.15, -0.1) is 0 Å². The Kier molecular flexibility index (Phi) is 3.96. The minimum atomic E-state index is 0.0146. The second-order valence-corrected chi connectivity index (χ2v) is 7.34. The Bertz CT molecular complexity index is 976. The van der Waals surface area contributed by atoms with Crippen LogP contribution in [0.3, 0.4) is 0 Å². The van der Waals surface area contributed by atoms with Gasteiger partial charge < -0.3 is 9.80 Å². The average Bonchev–Trinajstić information content (AvgIpc) is 3.01. The number of anilines is 1. The number of pyridine rings is 1. The first-order chi connectivity index (χ1) is 13.3. The maximum Gasteiger partial charge on any atom is 0.228 e. The Morgan fingerprint density at radius 2 is 1.81 bits per heavy atom. The number of aromatic nitrogens is 3. The van der Waals surface area contributed by atoms with E-state index in [0.29, 0.717) is 13.1 Å². The van der Waals surface area contributed by atoms with Gasteiger partial charge in [-0.1, -0.05) is 18.2 Å². The van der Waals surface area contributed by atoms with Crippen LogP contribution in [0.1, 0.15) is 18.5 Å². The number of hydrogen-bond donors (Lipinski definition) is 0. The van der Waals surface area contributed by atoms with E-state index in [9.17, 15) is 4.79 Å². The summed E-state index contributed by atoms with van der Waals surface area (Å²) in [5.74, 6) is 1.12. The zero-order chi connectivity index (χ0) is 18.2. The highest BCUT2D eigenvalue weighted by Gasteiger charge is 2.41. The van der Waals surface area contributed by atoms with Crippen LogP contribution in [0.5, 0.6) is 0 Å². The highest BCUT2D eigenvalue weighted by molar-refractivity contribution is 5.82. The molecule has 0 N–H and O–H groups in total. The van der Waals surface area contributed by atoms with Crippen molar-refractivity contribution in [2.75, 3.05) is 18.0 Å². The molecule has 6 nitrogen and oxygen atoms in total. The van der Waals surface area contributed by atoms with E-state index in [0.717, 1.165) is 41.9 Å². The molecule has 3 aromatic rings. The van der Waals surface area contributed by atoms with E-state index >= 15 is 0 Å². The van der Waals surface area contributed by atoms with Gasteiger partial charge in [-0.05, 0) is 37.1 Å². The number of piperidine rings is 1. The molecule has 3 aliphatic heterocycles. The first-order valence-corrected chi connectivity index (χ1v) is 9.45. The summed E-state index contributed by atoms with van der Waals surface area (Å²) in [7, 11) is 0. The van der Waals surface area contributed by atoms with Gasteiger partial charge in [-0.2, -0.15) is 0 Å². The van der Waals surface area contributed by atoms with Gasteiger partial charge in [-0.3, -0.25) is 14.8 Å². The topological polar surface area (TPSA) is 62.2 Å². The highest BCUT2D eigenvalue weighted by Crippen LogP contribution is 2.32. The third kappa shape index (κ3) is 3.01. The molecule has 27 heavy (non-hydrogen) atoms. The van der Waals surface area contributed by atoms with Crippen molar-refractivity contribution in [1.82, 2.24) is 19.9 Å². The van der Waals surface area contributed by atoms with E-state index in [1.165, 1.54) is 0 Å². The Morgan fingerprint density at radius 3 is 2.67 bits per heavy atom. The number of fused-ring (bicyclic) bond motifs is 5. The van der Waals surface area contributed by atoms with Gasteiger partial charge in [-0.25, -0.2) is 4.98 Å². The number of rotatable bonds is 3. The zero-order valence-corrected chi connectivity index (χ0v) is 15.0. The summed E-state index contributed by atoms with van der Waals surface area (Å²) >= 11 is 0. The van der Waals surface area contributed by atoms with Crippen LogP contribution in [0.25, 0.3) is 11.0 Å². The molecule has 2 bridgehead atoms. The number of amides is 1. The van der Waals surface area contributed by atoms with Gasteiger partial charge in [0.25, 0.3) is 0 Å². The summed E-state index contributed by atoms with van der Waals surface area (Å²) in [6, 6.07) is 13.9. The third-order valence-electron chi connectivity index (χ3n) is 5.61. The average molecular weight is 359 g/mol.